The Kier molecular flexibility index (Phi) is 6.37. The van der Waals surface area contributed by atoms with Crippen LogP contribution in [0.4, 0.5) is 5.13 Å². The lowest BCUT2D eigenvalue weighted by atomic mass is 10.2. The normalized spacial score (nSPS) is 17.0. The van der Waals surface area contributed by atoms with Crippen molar-refractivity contribution >= 4 is 32.4 Å². The highest BCUT2D eigenvalue weighted by Crippen LogP contribution is 2.20. The summed E-state index contributed by atoms with van der Waals surface area (Å²) in [7, 11) is -3.79. The molecule has 0 bridgehead atoms. The monoisotopic (exact) mass is 412 g/mol. The molecule has 1 aromatic carbocycles. The maximum atomic E-state index is 12.2. The molecular formula is C16H20N4O5S2. The number of carbonyl (C=O) groups is 1. The van der Waals surface area contributed by atoms with E-state index in [0.29, 0.717) is 12.4 Å². The number of aromatic nitrogens is 2. The van der Waals surface area contributed by atoms with Crippen molar-refractivity contribution < 1.29 is 22.7 Å². The SMILES string of the molecule is Cc1ccc(OCC(=O)Nc2nnc(S(=O)(=O)NC[C@H]3CCCO3)s2)cc1. The first-order chi connectivity index (χ1) is 12.9. The zero-order valence-corrected chi connectivity index (χ0v) is 16.3. The molecule has 2 heterocycles. The van der Waals surface area contributed by atoms with E-state index in [4.69, 9.17) is 9.47 Å². The first-order valence-corrected chi connectivity index (χ1v) is 10.7. The largest absolute Gasteiger partial charge is 0.484 e. The second-order valence-electron chi connectivity index (χ2n) is 6.01. The lowest BCUT2D eigenvalue weighted by Crippen LogP contribution is -2.31. The van der Waals surface area contributed by atoms with E-state index in [1.54, 1.807) is 12.1 Å². The van der Waals surface area contributed by atoms with Crippen LogP contribution in [0.3, 0.4) is 0 Å². The van der Waals surface area contributed by atoms with Gasteiger partial charge < -0.3 is 9.47 Å². The fourth-order valence-electron chi connectivity index (χ4n) is 2.38. The van der Waals surface area contributed by atoms with Crippen LogP contribution < -0.4 is 14.8 Å². The van der Waals surface area contributed by atoms with Gasteiger partial charge in [-0.15, -0.1) is 10.2 Å². The van der Waals surface area contributed by atoms with Crippen LogP contribution in [0.5, 0.6) is 5.75 Å². The van der Waals surface area contributed by atoms with Crippen molar-refractivity contribution in [1.82, 2.24) is 14.9 Å². The van der Waals surface area contributed by atoms with E-state index in [0.717, 1.165) is 29.7 Å². The number of benzene rings is 1. The molecule has 1 aliphatic heterocycles. The number of ether oxygens (including phenoxy) is 2. The number of hydrogen-bond acceptors (Lipinski definition) is 8. The third-order valence-electron chi connectivity index (χ3n) is 3.80. The Balaban J connectivity index is 1.50. The quantitative estimate of drug-likeness (QED) is 0.628. The molecule has 3 rings (SSSR count). The summed E-state index contributed by atoms with van der Waals surface area (Å²) in [5, 5.41) is 9.90. The zero-order valence-electron chi connectivity index (χ0n) is 14.7. The number of nitrogens with one attached hydrogen (secondary N) is 2. The van der Waals surface area contributed by atoms with Crippen molar-refractivity contribution in [3.05, 3.63) is 29.8 Å². The van der Waals surface area contributed by atoms with Crippen molar-refractivity contribution in [3.8, 4) is 5.75 Å². The van der Waals surface area contributed by atoms with Crippen LogP contribution in [0.1, 0.15) is 18.4 Å². The van der Waals surface area contributed by atoms with Gasteiger partial charge in [0.15, 0.2) is 6.61 Å². The van der Waals surface area contributed by atoms with Gasteiger partial charge in [0.25, 0.3) is 15.9 Å². The third kappa shape index (κ3) is 5.70. The van der Waals surface area contributed by atoms with Crippen molar-refractivity contribution in [3.63, 3.8) is 0 Å². The van der Waals surface area contributed by atoms with Crippen molar-refractivity contribution in [2.75, 3.05) is 25.1 Å². The number of rotatable bonds is 8. The molecule has 9 nitrogen and oxygen atoms in total. The Morgan fingerprint density at radius 1 is 1.33 bits per heavy atom. The zero-order chi connectivity index (χ0) is 19.3. The molecule has 0 unspecified atom stereocenters. The second-order valence-corrected chi connectivity index (χ2v) is 8.93. The summed E-state index contributed by atoms with van der Waals surface area (Å²) in [4.78, 5) is 11.9. The molecule has 1 amide bonds. The van der Waals surface area contributed by atoms with Gasteiger partial charge in [0, 0.05) is 13.2 Å². The summed E-state index contributed by atoms with van der Waals surface area (Å²) in [6.07, 6.45) is 1.62. The number of amides is 1. The summed E-state index contributed by atoms with van der Waals surface area (Å²) in [6, 6.07) is 7.27. The Morgan fingerprint density at radius 3 is 2.81 bits per heavy atom. The number of anilines is 1. The van der Waals surface area contributed by atoms with Gasteiger partial charge >= 0.3 is 0 Å². The molecule has 2 N–H and O–H groups in total. The smallest absolute Gasteiger partial charge is 0.269 e. The van der Waals surface area contributed by atoms with E-state index in [2.05, 4.69) is 20.2 Å². The lowest BCUT2D eigenvalue weighted by Gasteiger charge is -2.09. The van der Waals surface area contributed by atoms with Crippen molar-refractivity contribution in [2.24, 2.45) is 0 Å². The minimum Gasteiger partial charge on any atom is -0.484 e. The maximum Gasteiger partial charge on any atom is 0.269 e. The Bertz CT molecular complexity index is 876. The maximum absolute atomic E-state index is 12.2. The van der Waals surface area contributed by atoms with E-state index in [9.17, 15) is 13.2 Å². The van der Waals surface area contributed by atoms with Crippen LogP contribution >= 0.6 is 11.3 Å². The molecular weight excluding hydrogens is 392 g/mol. The summed E-state index contributed by atoms with van der Waals surface area (Å²) in [6.45, 7) is 2.56. The lowest BCUT2D eigenvalue weighted by molar-refractivity contribution is -0.118. The first-order valence-electron chi connectivity index (χ1n) is 8.36. The third-order valence-corrected chi connectivity index (χ3v) is 6.43. The van der Waals surface area contributed by atoms with Crippen LogP contribution in [0.25, 0.3) is 0 Å². The first kappa shape index (κ1) is 19.7. The van der Waals surface area contributed by atoms with E-state index in [1.165, 1.54) is 0 Å². The molecule has 1 aliphatic rings. The number of carbonyl (C=O) groups excluding carboxylic acids is 1. The minimum atomic E-state index is -3.79. The molecule has 11 heteroatoms. The van der Waals surface area contributed by atoms with Gasteiger partial charge in [-0.1, -0.05) is 29.0 Å². The van der Waals surface area contributed by atoms with Gasteiger partial charge in [-0.3, -0.25) is 10.1 Å². The Morgan fingerprint density at radius 2 is 2.11 bits per heavy atom. The van der Waals surface area contributed by atoms with Gasteiger partial charge in [0.05, 0.1) is 6.10 Å². The molecule has 1 fully saturated rings. The average Bonchev–Trinajstić information content (AvgIpc) is 3.32. The molecule has 0 radical (unpaired) electrons. The van der Waals surface area contributed by atoms with Crippen LogP contribution in [0.2, 0.25) is 0 Å². The van der Waals surface area contributed by atoms with Crippen LogP contribution in [0.15, 0.2) is 28.6 Å². The summed E-state index contributed by atoms with van der Waals surface area (Å²) >= 11 is 0.773. The summed E-state index contributed by atoms with van der Waals surface area (Å²) in [5.74, 6) is 0.109. The molecule has 1 atom stereocenters. The van der Waals surface area contributed by atoms with Gasteiger partial charge in [0.2, 0.25) is 9.47 Å². The standard InChI is InChI=1S/C16H20N4O5S2/c1-11-4-6-12(7-5-11)25-10-14(21)18-15-19-20-16(26-15)27(22,23)17-9-13-3-2-8-24-13/h4-7,13,17H,2-3,8-10H2,1H3,(H,18,19,21)/t13-/m1/s1. The Labute approximate surface area is 161 Å². The fourth-order valence-corrected chi connectivity index (χ4v) is 4.40. The predicted octanol–water partition coefficient (Wildman–Crippen LogP) is 1.32. The fraction of sp³-hybridized carbons (Fsp3) is 0.438. The molecule has 0 spiro atoms. The topological polar surface area (TPSA) is 120 Å². The molecule has 1 aromatic heterocycles. The predicted molar refractivity (Wildman–Crippen MR) is 99.4 cm³/mol. The van der Waals surface area contributed by atoms with E-state index >= 15 is 0 Å². The van der Waals surface area contributed by atoms with E-state index in [1.807, 2.05) is 19.1 Å². The number of aryl methyl sites for hydroxylation is 1. The molecule has 1 saturated heterocycles. The second kappa shape index (κ2) is 8.74. The van der Waals surface area contributed by atoms with E-state index in [-0.39, 0.29) is 28.7 Å². The molecule has 0 saturated carbocycles. The minimum absolute atomic E-state index is 0.0880. The number of sulfonamides is 1. The highest BCUT2D eigenvalue weighted by atomic mass is 32.2. The van der Waals surface area contributed by atoms with Gasteiger partial charge in [-0.05, 0) is 31.9 Å². The molecule has 2 aromatic rings. The van der Waals surface area contributed by atoms with Gasteiger partial charge in [-0.25, -0.2) is 13.1 Å². The Hall–Kier alpha value is -2.08. The molecule has 27 heavy (non-hydrogen) atoms. The van der Waals surface area contributed by atoms with Crippen LogP contribution in [-0.4, -0.2) is 50.4 Å². The summed E-state index contributed by atoms with van der Waals surface area (Å²) < 4.78 is 37.4. The van der Waals surface area contributed by atoms with Crippen LogP contribution in [-0.2, 0) is 19.6 Å². The highest BCUT2D eigenvalue weighted by Gasteiger charge is 2.24. The molecule has 146 valence electrons. The van der Waals surface area contributed by atoms with E-state index < -0.39 is 15.9 Å². The highest BCUT2D eigenvalue weighted by molar-refractivity contribution is 7.91. The van der Waals surface area contributed by atoms with Gasteiger partial charge in [-0.2, -0.15) is 0 Å². The molecule has 0 aliphatic carbocycles. The van der Waals surface area contributed by atoms with Crippen molar-refractivity contribution in [1.29, 1.82) is 0 Å². The number of hydrogen-bond donors (Lipinski definition) is 2. The number of nitrogens with zero attached hydrogens (tertiary/aromatic N) is 2. The average molecular weight is 412 g/mol. The van der Waals surface area contributed by atoms with Gasteiger partial charge in [0.1, 0.15) is 5.75 Å². The van der Waals surface area contributed by atoms with Crippen molar-refractivity contribution in [2.45, 2.75) is 30.2 Å². The van der Waals surface area contributed by atoms with Crippen LogP contribution in [0, 0.1) is 6.92 Å². The summed E-state index contributed by atoms with van der Waals surface area (Å²) in [5.41, 5.74) is 1.09.